The Hall–Kier alpha value is -2.10. The summed E-state index contributed by atoms with van der Waals surface area (Å²) in [6.45, 7) is 0. The fourth-order valence-electron chi connectivity index (χ4n) is 1.48. The Bertz CT molecular complexity index is 540. The maximum Gasteiger partial charge on any atom is 0.189 e. The van der Waals surface area contributed by atoms with Crippen LogP contribution in [0.3, 0.4) is 0 Å². The molecule has 0 fully saturated rings. The van der Waals surface area contributed by atoms with E-state index in [9.17, 15) is 4.79 Å². The van der Waals surface area contributed by atoms with Crippen LogP contribution >= 0.6 is 0 Å². The van der Waals surface area contributed by atoms with Crippen molar-refractivity contribution in [3.8, 4) is 0 Å². The van der Waals surface area contributed by atoms with Crippen LogP contribution in [0.2, 0.25) is 0 Å². The highest BCUT2D eigenvalue weighted by atomic mass is 16.1. The first-order valence-electron chi connectivity index (χ1n) is 4.98. The monoisotopic (exact) mass is 215 g/mol. The van der Waals surface area contributed by atoms with Crippen molar-refractivity contribution in [2.75, 3.05) is 14.1 Å². The highest BCUT2D eigenvalue weighted by Gasteiger charge is 2.08. The zero-order chi connectivity index (χ0) is 11.5. The summed E-state index contributed by atoms with van der Waals surface area (Å²) in [7, 11) is 3.76. The van der Waals surface area contributed by atoms with E-state index in [1.165, 1.54) is 0 Å². The van der Waals surface area contributed by atoms with E-state index in [1.54, 1.807) is 30.9 Å². The van der Waals surface area contributed by atoms with Crippen LogP contribution < -0.4 is 0 Å². The molecule has 0 unspecified atom stereocenters. The molecular weight excluding hydrogens is 202 g/mol. The number of fused-ring (bicyclic) bond motifs is 1. The van der Waals surface area contributed by atoms with Gasteiger partial charge in [0.15, 0.2) is 5.78 Å². The van der Waals surface area contributed by atoms with Gasteiger partial charge in [0, 0.05) is 49.7 Å². The van der Waals surface area contributed by atoms with Crippen LogP contribution in [0.1, 0.15) is 10.4 Å². The molecule has 0 atom stereocenters. The van der Waals surface area contributed by atoms with Crippen LogP contribution in [0.15, 0.2) is 36.9 Å². The summed E-state index contributed by atoms with van der Waals surface area (Å²) >= 11 is 0. The largest absolute Gasteiger partial charge is 0.383 e. The number of rotatable bonds is 3. The average molecular weight is 215 g/mol. The van der Waals surface area contributed by atoms with Gasteiger partial charge in [0.2, 0.25) is 0 Å². The molecular formula is C12H13N3O. The van der Waals surface area contributed by atoms with E-state index in [4.69, 9.17) is 0 Å². The van der Waals surface area contributed by atoms with E-state index in [1.807, 2.05) is 25.1 Å². The smallest absolute Gasteiger partial charge is 0.189 e. The van der Waals surface area contributed by atoms with Crippen molar-refractivity contribution < 1.29 is 4.79 Å². The summed E-state index contributed by atoms with van der Waals surface area (Å²) in [4.78, 5) is 20.7. The second-order valence-electron chi connectivity index (χ2n) is 3.77. The van der Waals surface area contributed by atoms with E-state index in [0.29, 0.717) is 5.56 Å². The second kappa shape index (κ2) is 4.18. The summed E-state index contributed by atoms with van der Waals surface area (Å²) in [6.07, 6.45) is 8.41. The van der Waals surface area contributed by atoms with Crippen molar-refractivity contribution in [3.05, 3.63) is 42.5 Å². The summed E-state index contributed by atoms with van der Waals surface area (Å²) in [5.74, 6) is -0.00819. The van der Waals surface area contributed by atoms with Gasteiger partial charge in [-0.25, -0.2) is 0 Å². The quantitative estimate of drug-likeness (QED) is 0.627. The highest BCUT2D eigenvalue weighted by molar-refractivity contribution is 6.13. The molecule has 0 aliphatic heterocycles. The molecule has 4 nitrogen and oxygen atoms in total. The third kappa shape index (κ3) is 1.95. The van der Waals surface area contributed by atoms with Crippen molar-refractivity contribution in [2.24, 2.45) is 0 Å². The molecule has 0 aromatic carbocycles. The van der Waals surface area contributed by atoms with Gasteiger partial charge in [0.25, 0.3) is 0 Å². The zero-order valence-corrected chi connectivity index (χ0v) is 9.27. The Balaban J connectivity index is 2.37. The lowest BCUT2D eigenvalue weighted by atomic mass is 10.1. The predicted molar refractivity (Wildman–Crippen MR) is 63.3 cm³/mol. The molecule has 0 saturated carbocycles. The van der Waals surface area contributed by atoms with Gasteiger partial charge in [-0.3, -0.25) is 9.78 Å². The Kier molecular flexibility index (Phi) is 2.72. The maximum absolute atomic E-state index is 11.9. The number of nitrogens with zero attached hydrogens (tertiary/aromatic N) is 2. The molecule has 0 saturated heterocycles. The van der Waals surface area contributed by atoms with Crippen LogP contribution in [0.4, 0.5) is 0 Å². The van der Waals surface area contributed by atoms with Crippen molar-refractivity contribution in [1.29, 1.82) is 0 Å². The average Bonchev–Trinajstić information content (AvgIpc) is 2.69. The zero-order valence-electron chi connectivity index (χ0n) is 9.27. The molecule has 2 rings (SSSR count). The van der Waals surface area contributed by atoms with E-state index >= 15 is 0 Å². The first kappa shape index (κ1) is 10.4. The van der Waals surface area contributed by atoms with Crippen molar-refractivity contribution in [2.45, 2.75) is 0 Å². The number of ketones is 1. The molecule has 0 radical (unpaired) electrons. The van der Waals surface area contributed by atoms with Gasteiger partial charge in [-0.1, -0.05) is 0 Å². The van der Waals surface area contributed by atoms with Gasteiger partial charge in [0.05, 0.1) is 11.7 Å². The summed E-state index contributed by atoms with van der Waals surface area (Å²) < 4.78 is 0. The molecule has 2 heterocycles. The van der Waals surface area contributed by atoms with Crippen LogP contribution in [0.5, 0.6) is 0 Å². The number of nitrogens with one attached hydrogen (secondary N) is 1. The van der Waals surface area contributed by atoms with Crippen LogP contribution in [-0.2, 0) is 0 Å². The van der Waals surface area contributed by atoms with Gasteiger partial charge < -0.3 is 9.88 Å². The maximum atomic E-state index is 11.9. The number of allylic oxidation sites excluding steroid dienone is 1. The normalized spacial score (nSPS) is 11.1. The molecule has 0 amide bonds. The van der Waals surface area contributed by atoms with E-state index in [-0.39, 0.29) is 5.78 Å². The second-order valence-corrected chi connectivity index (χ2v) is 3.77. The molecule has 1 N–H and O–H groups in total. The topological polar surface area (TPSA) is 49.0 Å². The Morgan fingerprint density at radius 2 is 2.31 bits per heavy atom. The van der Waals surface area contributed by atoms with Crippen LogP contribution in [0.25, 0.3) is 10.9 Å². The first-order chi connectivity index (χ1) is 7.68. The lowest BCUT2D eigenvalue weighted by Gasteiger charge is -2.02. The lowest BCUT2D eigenvalue weighted by molar-refractivity contribution is 0.104. The van der Waals surface area contributed by atoms with Crippen molar-refractivity contribution >= 4 is 16.7 Å². The van der Waals surface area contributed by atoms with E-state index in [2.05, 4.69) is 9.97 Å². The van der Waals surface area contributed by atoms with E-state index in [0.717, 1.165) is 10.9 Å². The Morgan fingerprint density at radius 1 is 1.50 bits per heavy atom. The van der Waals surface area contributed by atoms with Crippen LogP contribution in [0, 0.1) is 0 Å². The third-order valence-corrected chi connectivity index (χ3v) is 2.27. The fourth-order valence-corrected chi connectivity index (χ4v) is 1.48. The summed E-state index contributed by atoms with van der Waals surface area (Å²) in [5.41, 5.74) is 1.56. The van der Waals surface area contributed by atoms with Gasteiger partial charge in [-0.05, 0) is 6.07 Å². The first-order valence-corrected chi connectivity index (χ1v) is 4.98. The number of hydrogen-bond donors (Lipinski definition) is 1. The number of aromatic amines is 1. The Morgan fingerprint density at radius 3 is 3.06 bits per heavy atom. The number of carbonyl (C=O) groups is 1. The standard InChI is InChI=1S/C12H13N3O/c1-15(2)6-4-12(16)10-7-14-11-8-13-5-3-9(10)11/h3-8,14H,1-2H3. The highest BCUT2D eigenvalue weighted by Crippen LogP contribution is 2.17. The summed E-state index contributed by atoms with van der Waals surface area (Å²) in [6, 6.07) is 1.84. The number of aromatic nitrogens is 2. The number of hydrogen-bond acceptors (Lipinski definition) is 3. The van der Waals surface area contributed by atoms with Gasteiger partial charge in [-0.2, -0.15) is 0 Å². The number of H-pyrrole nitrogens is 1. The molecule has 4 heteroatoms. The van der Waals surface area contributed by atoms with Gasteiger partial charge in [-0.15, -0.1) is 0 Å². The molecule has 0 aliphatic carbocycles. The minimum atomic E-state index is -0.00819. The van der Waals surface area contributed by atoms with Crippen LogP contribution in [-0.4, -0.2) is 34.7 Å². The molecule has 82 valence electrons. The molecule has 2 aromatic rings. The minimum Gasteiger partial charge on any atom is -0.383 e. The number of carbonyl (C=O) groups excluding carboxylic acids is 1. The molecule has 0 aliphatic rings. The lowest BCUT2D eigenvalue weighted by Crippen LogP contribution is -2.02. The third-order valence-electron chi connectivity index (χ3n) is 2.27. The summed E-state index contributed by atoms with van der Waals surface area (Å²) in [5, 5.41) is 0.906. The predicted octanol–water partition coefficient (Wildman–Crippen LogP) is 1.82. The molecule has 2 aromatic heterocycles. The van der Waals surface area contributed by atoms with Gasteiger partial charge >= 0.3 is 0 Å². The SMILES string of the molecule is CN(C)C=CC(=O)c1c[nH]c2cnccc12. The van der Waals surface area contributed by atoms with Crippen molar-refractivity contribution in [3.63, 3.8) is 0 Å². The molecule has 16 heavy (non-hydrogen) atoms. The number of pyridine rings is 1. The van der Waals surface area contributed by atoms with Crippen molar-refractivity contribution in [1.82, 2.24) is 14.9 Å². The Labute approximate surface area is 93.6 Å². The molecule has 0 spiro atoms. The fraction of sp³-hybridized carbons (Fsp3) is 0.167. The van der Waals surface area contributed by atoms with Gasteiger partial charge in [0.1, 0.15) is 0 Å². The molecule has 0 bridgehead atoms. The minimum absolute atomic E-state index is 0.00819. The van der Waals surface area contributed by atoms with E-state index < -0.39 is 0 Å².